The predicted octanol–water partition coefficient (Wildman–Crippen LogP) is 0.912. The van der Waals surface area contributed by atoms with Gasteiger partial charge in [-0.05, 0) is 35.6 Å². The number of nitrogens with one attached hydrogen (secondary N) is 3. The molecule has 4 atom stereocenters. The van der Waals surface area contributed by atoms with Crippen molar-refractivity contribution in [3.8, 4) is 0 Å². The van der Waals surface area contributed by atoms with E-state index in [1.54, 1.807) is 0 Å². The lowest BCUT2D eigenvalue weighted by atomic mass is 9.98. The molecule has 5 amide bonds. The molecule has 0 bridgehead atoms. The number of rotatable bonds is 12. The number of fused-ring (bicyclic) bond motifs is 1. The van der Waals surface area contributed by atoms with Gasteiger partial charge in [0.1, 0.15) is 24.2 Å². The summed E-state index contributed by atoms with van der Waals surface area (Å²) in [6.07, 6.45) is 1.70. The number of carbonyl (C=O) groups is 5. The van der Waals surface area contributed by atoms with Gasteiger partial charge in [0.15, 0.2) is 0 Å². The molecule has 0 saturated carbocycles. The number of thioether (sulfide) groups is 2. The Morgan fingerprint density at radius 1 is 1.07 bits per heavy atom. The van der Waals surface area contributed by atoms with Crippen LogP contribution in [0, 0.1) is 0 Å². The molecule has 16 heteroatoms. The largest absolute Gasteiger partial charge is 0.368 e. The van der Waals surface area contributed by atoms with Crippen LogP contribution < -0.4 is 21.7 Å². The number of benzene rings is 2. The van der Waals surface area contributed by atoms with E-state index in [2.05, 4.69) is 16.0 Å². The average Bonchev–Trinajstić information content (AvgIpc) is 3.41. The second-order valence-corrected chi connectivity index (χ2v) is 14.5. The van der Waals surface area contributed by atoms with E-state index in [0.717, 1.165) is 39.9 Å². The summed E-state index contributed by atoms with van der Waals surface area (Å²) in [6.45, 7) is 0.203. The quantitative estimate of drug-likeness (QED) is 0.179. The molecule has 13 nitrogen and oxygen atoms in total. The van der Waals surface area contributed by atoms with Crippen LogP contribution >= 0.6 is 31.1 Å². The smallest absolute Gasteiger partial charge is 0.335 e. The third-order valence-electron chi connectivity index (χ3n) is 7.15. The minimum absolute atomic E-state index is 0.148. The van der Waals surface area contributed by atoms with Crippen molar-refractivity contribution in [2.24, 2.45) is 5.73 Å². The van der Waals surface area contributed by atoms with Gasteiger partial charge in [-0.15, -0.1) is 11.8 Å². The zero-order chi connectivity index (χ0) is 31.1. The molecule has 4 rings (SSSR count). The van der Waals surface area contributed by atoms with Crippen molar-refractivity contribution in [1.29, 1.82) is 0 Å². The average molecular weight is 652 g/mol. The lowest BCUT2D eigenvalue weighted by Gasteiger charge is -2.37. The maximum Gasteiger partial charge on any atom is 0.335 e. The summed E-state index contributed by atoms with van der Waals surface area (Å²) in [5, 5.41) is 9.41. The minimum Gasteiger partial charge on any atom is -0.368 e. The second-order valence-electron chi connectivity index (χ2n) is 10.4. The highest BCUT2D eigenvalue weighted by Crippen LogP contribution is 2.38. The standard InChI is InChI=1S/C27H34N5O8PS2/c28-23(33)19(12-16-8-9-17-5-1-2-6-18(17)11-16)29-25(35)22-7-3-4-10-32(22)26(36)21(13-42-15-41(38,39)40)30-24(34)20-14-43-27(37)31-20/h1-2,5-6,8-9,11,19-22H,3-4,7,10,12-15H2,(H2,28,33)(H,29,35)(H,30,34)(H,31,37)(H2,38,39,40). The van der Waals surface area contributed by atoms with E-state index in [0.29, 0.717) is 19.3 Å². The Balaban J connectivity index is 1.48. The molecular weight excluding hydrogens is 617 g/mol. The second kappa shape index (κ2) is 14.6. The number of nitrogens with zero attached hydrogens (tertiary/aromatic N) is 1. The summed E-state index contributed by atoms with van der Waals surface area (Å²) in [4.78, 5) is 83.9. The SMILES string of the molecule is NC(=O)C(Cc1ccc2ccccc2c1)NC(=O)C1CCCCN1C(=O)C(CSCP(=O)(O)O)NC(=O)C1CSC(=O)N1. The minimum atomic E-state index is -4.39. The van der Waals surface area contributed by atoms with Crippen molar-refractivity contribution in [2.75, 3.05) is 23.5 Å². The first-order valence-electron chi connectivity index (χ1n) is 13.6. The lowest BCUT2D eigenvalue weighted by molar-refractivity contribution is -0.145. The summed E-state index contributed by atoms with van der Waals surface area (Å²) in [5.41, 5.74) is 5.88. The van der Waals surface area contributed by atoms with E-state index < -0.39 is 60.9 Å². The number of piperidine rings is 1. The molecule has 4 unspecified atom stereocenters. The zero-order valence-electron chi connectivity index (χ0n) is 23.1. The number of amides is 5. The Bertz CT molecular complexity index is 1440. The van der Waals surface area contributed by atoms with Gasteiger partial charge in [0.25, 0.3) is 5.24 Å². The van der Waals surface area contributed by atoms with E-state index >= 15 is 0 Å². The maximum absolute atomic E-state index is 13.8. The van der Waals surface area contributed by atoms with Crippen LogP contribution in [0.4, 0.5) is 4.79 Å². The summed E-state index contributed by atoms with van der Waals surface area (Å²) in [7, 11) is -4.39. The number of hydrogen-bond acceptors (Lipinski definition) is 8. The summed E-state index contributed by atoms with van der Waals surface area (Å²) in [5.74, 6) is -2.51. The van der Waals surface area contributed by atoms with Crippen LogP contribution in [-0.4, -0.2) is 91.3 Å². The maximum atomic E-state index is 13.8. The molecule has 2 aliphatic heterocycles. The number of primary amides is 1. The van der Waals surface area contributed by atoms with Crippen molar-refractivity contribution in [3.05, 3.63) is 48.0 Å². The van der Waals surface area contributed by atoms with E-state index in [9.17, 15) is 38.3 Å². The Labute approximate surface area is 256 Å². The van der Waals surface area contributed by atoms with Crippen LogP contribution in [0.1, 0.15) is 24.8 Å². The third kappa shape index (κ3) is 9.19. The van der Waals surface area contributed by atoms with E-state index in [1.807, 2.05) is 42.5 Å². The summed E-state index contributed by atoms with van der Waals surface area (Å²) < 4.78 is 11.4. The Kier molecular flexibility index (Phi) is 11.1. The molecule has 2 aromatic rings. The molecule has 232 valence electrons. The molecule has 2 aromatic carbocycles. The molecule has 0 aliphatic carbocycles. The van der Waals surface area contributed by atoms with Crippen LogP contribution in [0.5, 0.6) is 0 Å². The number of hydrogen-bond donors (Lipinski definition) is 6. The third-order valence-corrected chi connectivity index (χ3v) is 10.7. The molecule has 2 fully saturated rings. The van der Waals surface area contributed by atoms with E-state index in [-0.39, 0.29) is 29.7 Å². The van der Waals surface area contributed by atoms with Gasteiger partial charge in [-0.1, -0.05) is 54.2 Å². The van der Waals surface area contributed by atoms with Gasteiger partial charge in [0.05, 0.1) is 5.49 Å². The highest BCUT2D eigenvalue weighted by Gasteiger charge is 2.39. The van der Waals surface area contributed by atoms with Gasteiger partial charge in [0.2, 0.25) is 23.6 Å². The van der Waals surface area contributed by atoms with Gasteiger partial charge in [-0.3, -0.25) is 28.5 Å². The fourth-order valence-electron chi connectivity index (χ4n) is 5.02. The highest BCUT2D eigenvalue weighted by atomic mass is 32.2. The lowest BCUT2D eigenvalue weighted by Crippen LogP contribution is -2.61. The molecule has 43 heavy (non-hydrogen) atoms. The number of likely N-dealkylation sites (tertiary alicyclic amines) is 1. The molecule has 2 heterocycles. The summed E-state index contributed by atoms with van der Waals surface area (Å²) >= 11 is 1.72. The summed E-state index contributed by atoms with van der Waals surface area (Å²) in [6, 6.07) is 9.34. The van der Waals surface area contributed by atoms with Crippen molar-refractivity contribution >= 4 is 70.8 Å². The zero-order valence-corrected chi connectivity index (χ0v) is 25.7. The van der Waals surface area contributed by atoms with E-state index in [4.69, 9.17) is 5.73 Å². The first kappa shape index (κ1) is 32.8. The predicted molar refractivity (Wildman–Crippen MR) is 164 cm³/mol. The molecule has 7 N–H and O–H groups in total. The molecule has 2 aliphatic rings. The van der Waals surface area contributed by atoms with Crippen molar-refractivity contribution in [3.63, 3.8) is 0 Å². The topological polar surface area (TPSA) is 208 Å². The first-order valence-corrected chi connectivity index (χ1v) is 17.6. The molecule has 0 radical (unpaired) electrons. The van der Waals surface area contributed by atoms with Gasteiger partial charge in [-0.25, -0.2) is 0 Å². The fraction of sp³-hybridized carbons (Fsp3) is 0.444. The van der Waals surface area contributed by atoms with Crippen molar-refractivity contribution < 1.29 is 38.3 Å². The molecule has 0 aromatic heterocycles. The van der Waals surface area contributed by atoms with Gasteiger partial charge in [0, 0.05) is 24.5 Å². The Morgan fingerprint density at radius 2 is 1.79 bits per heavy atom. The van der Waals surface area contributed by atoms with Crippen LogP contribution in [-0.2, 0) is 30.2 Å². The van der Waals surface area contributed by atoms with Crippen LogP contribution in [0.15, 0.2) is 42.5 Å². The van der Waals surface area contributed by atoms with Crippen LogP contribution in [0.25, 0.3) is 10.8 Å². The van der Waals surface area contributed by atoms with Crippen molar-refractivity contribution in [1.82, 2.24) is 20.9 Å². The highest BCUT2D eigenvalue weighted by molar-refractivity contribution is 8.14. The van der Waals surface area contributed by atoms with E-state index in [1.165, 1.54) is 4.90 Å². The Hall–Kier alpha value is -3.10. The monoisotopic (exact) mass is 651 g/mol. The van der Waals surface area contributed by atoms with Gasteiger partial charge >= 0.3 is 7.60 Å². The Morgan fingerprint density at radius 3 is 2.47 bits per heavy atom. The molecular formula is C27H34N5O8PS2. The normalized spacial score (nSPS) is 20.2. The van der Waals surface area contributed by atoms with Gasteiger partial charge in [-0.2, -0.15) is 0 Å². The van der Waals surface area contributed by atoms with Crippen LogP contribution in [0.3, 0.4) is 0 Å². The van der Waals surface area contributed by atoms with Crippen molar-refractivity contribution in [2.45, 2.75) is 49.9 Å². The number of nitrogens with two attached hydrogens (primary N) is 1. The molecule has 0 spiro atoms. The van der Waals surface area contributed by atoms with Crippen LogP contribution in [0.2, 0.25) is 0 Å². The van der Waals surface area contributed by atoms with Gasteiger partial charge < -0.3 is 36.4 Å². The molecule has 2 saturated heterocycles. The fourth-order valence-corrected chi connectivity index (χ4v) is 7.64. The first-order chi connectivity index (χ1) is 20.4. The number of carbonyl (C=O) groups excluding carboxylic acids is 5.